The van der Waals surface area contributed by atoms with Crippen LogP contribution in [0.5, 0.6) is 11.5 Å². The van der Waals surface area contributed by atoms with E-state index in [1.165, 1.54) is 11.8 Å². The molecule has 114 valence electrons. The van der Waals surface area contributed by atoms with Gasteiger partial charge in [0.15, 0.2) is 0 Å². The topological polar surface area (TPSA) is 55.8 Å². The van der Waals surface area contributed by atoms with Crippen LogP contribution in [0.3, 0.4) is 0 Å². The molecular formula is C17H16O4S. The molecule has 0 aliphatic rings. The fourth-order valence-corrected chi connectivity index (χ4v) is 2.50. The second-order valence-corrected chi connectivity index (χ2v) is 5.38. The number of carbonyl (C=O) groups is 1. The number of benzene rings is 2. The zero-order valence-electron chi connectivity index (χ0n) is 11.9. The van der Waals surface area contributed by atoms with Crippen LogP contribution in [0, 0.1) is 0 Å². The lowest BCUT2D eigenvalue weighted by molar-refractivity contribution is -0.138. The molecule has 22 heavy (non-hydrogen) atoms. The van der Waals surface area contributed by atoms with Crippen molar-refractivity contribution >= 4 is 17.7 Å². The molecule has 0 radical (unpaired) electrons. The Labute approximate surface area is 133 Å². The van der Waals surface area contributed by atoms with E-state index in [2.05, 4.69) is 6.58 Å². The number of hydrogen-bond acceptors (Lipinski definition) is 5. The first-order chi connectivity index (χ1) is 10.7. The Kier molecular flexibility index (Phi) is 5.91. The van der Waals surface area contributed by atoms with E-state index < -0.39 is 5.97 Å². The molecule has 0 aliphatic heterocycles. The smallest absolute Gasteiger partial charge is 0.330 e. The molecule has 0 aromatic heterocycles. The maximum atomic E-state index is 10.9. The molecule has 2 aromatic carbocycles. The van der Waals surface area contributed by atoms with Gasteiger partial charge in [-0.25, -0.2) is 4.79 Å². The first-order valence-electron chi connectivity index (χ1n) is 6.67. The molecule has 0 amide bonds. The van der Waals surface area contributed by atoms with Crippen molar-refractivity contribution in [3.05, 3.63) is 61.2 Å². The number of esters is 1. The van der Waals surface area contributed by atoms with Gasteiger partial charge in [0, 0.05) is 17.0 Å². The van der Waals surface area contributed by atoms with Gasteiger partial charge in [-0.05, 0) is 24.3 Å². The van der Waals surface area contributed by atoms with Crippen molar-refractivity contribution in [3.8, 4) is 11.5 Å². The minimum Gasteiger partial charge on any atom is -0.507 e. The fourth-order valence-electron chi connectivity index (χ4n) is 1.65. The summed E-state index contributed by atoms with van der Waals surface area (Å²) in [5.41, 5.74) is 0. The van der Waals surface area contributed by atoms with E-state index in [1.807, 2.05) is 30.3 Å². The van der Waals surface area contributed by atoms with Gasteiger partial charge in [0.25, 0.3) is 0 Å². The van der Waals surface area contributed by atoms with Gasteiger partial charge >= 0.3 is 5.97 Å². The average molecular weight is 316 g/mol. The van der Waals surface area contributed by atoms with E-state index in [0.717, 1.165) is 15.9 Å². The van der Waals surface area contributed by atoms with E-state index in [-0.39, 0.29) is 19.0 Å². The maximum absolute atomic E-state index is 10.9. The number of ether oxygens (including phenoxy) is 2. The SMILES string of the molecule is C=CC(=O)OCCOc1ccc(Sc2ccccc2)c(O)c1. The van der Waals surface area contributed by atoms with Gasteiger partial charge in [0.1, 0.15) is 24.7 Å². The molecule has 0 fully saturated rings. The van der Waals surface area contributed by atoms with Gasteiger partial charge in [-0.1, -0.05) is 36.5 Å². The highest BCUT2D eigenvalue weighted by atomic mass is 32.2. The Morgan fingerprint density at radius 1 is 1.18 bits per heavy atom. The van der Waals surface area contributed by atoms with Gasteiger partial charge in [-0.15, -0.1) is 0 Å². The molecule has 5 heteroatoms. The van der Waals surface area contributed by atoms with E-state index >= 15 is 0 Å². The Morgan fingerprint density at radius 2 is 1.95 bits per heavy atom. The standard InChI is InChI=1S/C17H16O4S/c1-2-17(19)21-11-10-20-13-8-9-16(15(18)12-13)22-14-6-4-3-5-7-14/h2-9,12,18H,1,10-11H2. The molecule has 2 aromatic rings. The first-order valence-corrected chi connectivity index (χ1v) is 7.48. The highest BCUT2D eigenvalue weighted by molar-refractivity contribution is 7.99. The molecule has 0 unspecified atom stereocenters. The van der Waals surface area contributed by atoms with Gasteiger partial charge in [0.05, 0.1) is 4.90 Å². The van der Waals surface area contributed by atoms with Crippen molar-refractivity contribution in [2.75, 3.05) is 13.2 Å². The number of aromatic hydroxyl groups is 1. The summed E-state index contributed by atoms with van der Waals surface area (Å²) >= 11 is 1.47. The van der Waals surface area contributed by atoms with E-state index in [4.69, 9.17) is 9.47 Å². The van der Waals surface area contributed by atoms with E-state index in [0.29, 0.717) is 5.75 Å². The molecule has 2 rings (SSSR count). The molecular weight excluding hydrogens is 300 g/mol. The average Bonchev–Trinajstić information content (AvgIpc) is 2.54. The molecule has 0 bridgehead atoms. The van der Waals surface area contributed by atoms with Crippen molar-refractivity contribution in [2.24, 2.45) is 0 Å². The summed E-state index contributed by atoms with van der Waals surface area (Å²) in [5, 5.41) is 10.0. The van der Waals surface area contributed by atoms with Gasteiger partial charge in [-0.2, -0.15) is 0 Å². The highest BCUT2D eigenvalue weighted by Gasteiger charge is 2.06. The Balaban J connectivity index is 1.89. The molecule has 0 spiro atoms. The van der Waals surface area contributed by atoms with Crippen LogP contribution in [0.4, 0.5) is 0 Å². The summed E-state index contributed by atoms with van der Waals surface area (Å²) in [4.78, 5) is 12.6. The normalized spacial score (nSPS) is 10.0. The Hall–Kier alpha value is -2.40. The number of phenolic OH excluding ortho intramolecular Hbond substituents is 1. The van der Waals surface area contributed by atoms with Gasteiger partial charge < -0.3 is 14.6 Å². The minimum atomic E-state index is -0.485. The lowest BCUT2D eigenvalue weighted by Crippen LogP contribution is -2.10. The predicted octanol–water partition coefficient (Wildman–Crippen LogP) is 3.65. The summed E-state index contributed by atoms with van der Waals surface area (Å²) in [6.07, 6.45) is 1.10. The van der Waals surface area contributed by atoms with Crippen LogP contribution in [0.1, 0.15) is 0 Å². The molecule has 4 nitrogen and oxygen atoms in total. The summed E-state index contributed by atoms with van der Waals surface area (Å²) in [6.45, 7) is 3.65. The maximum Gasteiger partial charge on any atom is 0.330 e. The van der Waals surface area contributed by atoms with Crippen LogP contribution in [-0.4, -0.2) is 24.3 Å². The zero-order valence-corrected chi connectivity index (χ0v) is 12.7. The number of carbonyl (C=O) groups excluding carboxylic acids is 1. The van der Waals surface area contributed by atoms with Crippen molar-refractivity contribution in [1.82, 2.24) is 0 Å². The third-order valence-corrected chi connectivity index (χ3v) is 3.74. The largest absolute Gasteiger partial charge is 0.507 e. The monoisotopic (exact) mass is 316 g/mol. The third-order valence-electron chi connectivity index (χ3n) is 2.66. The van der Waals surface area contributed by atoms with Crippen molar-refractivity contribution in [3.63, 3.8) is 0 Å². The molecule has 0 aliphatic carbocycles. The summed E-state index contributed by atoms with van der Waals surface area (Å²) in [5.74, 6) is 0.181. The Morgan fingerprint density at radius 3 is 2.64 bits per heavy atom. The number of rotatable bonds is 7. The van der Waals surface area contributed by atoms with Crippen LogP contribution in [0.25, 0.3) is 0 Å². The second kappa shape index (κ2) is 8.14. The van der Waals surface area contributed by atoms with E-state index in [9.17, 15) is 9.90 Å². The zero-order chi connectivity index (χ0) is 15.8. The quantitative estimate of drug-likeness (QED) is 0.480. The van der Waals surface area contributed by atoms with Gasteiger partial charge in [0.2, 0.25) is 0 Å². The second-order valence-electron chi connectivity index (χ2n) is 4.26. The van der Waals surface area contributed by atoms with Crippen LogP contribution >= 0.6 is 11.8 Å². The van der Waals surface area contributed by atoms with Crippen molar-refractivity contribution in [2.45, 2.75) is 9.79 Å². The lowest BCUT2D eigenvalue weighted by atomic mass is 10.3. The summed E-state index contributed by atoms with van der Waals surface area (Å²) in [7, 11) is 0. The van der Waals surface area contributed by atoms with Crippen LogP contribution in [-0.2, 0) is 9.53 Å². The van der Waals surface area contributed by atoms with Crippen molar-refractivity contribution < 1.29 is 19.4 Å². The highest BCUT2D eigenvalue weighted by Crippen LogP contribution is 2.36. The lowest BCUT2D eigenvalue weighted by Gasteiger charge is -2.09. The Bertz CT molecular complexity index is 640. The number of hydrogen-bond donors (Lipinski definition) is 1. The van der Waals surface area contributed by atoms with Crippen LogP contribution in [0.2, 0.25) is 0 Å². The van der Waals surface area contributed by atoms with Crippen molar-refractivity contribution in [1.29, 1.82) is 0 Å². The first kappa shape index (κ1) is 16.0. The van der Waals surface area contributed by atoms with Crippen LogP contribution in [0.15, 0.2) is 71.0 Å². The van der Waals surface area contributed by atoms with E-state index in [1.54, 1.807) is 18.2 Å². The summed E-state index contributed by atoms with van der Waals surface area (Å²) < 4.78 is 10.2. The van der Waals surface area contributed by atoms with Gasteiger partial charge in [-0.3, -0.25) is 0 Å². The van der Waals surface area contributed by atoms with Crippen LogP contribution < -0.4 is 4.74 Å². The minimum absolute atomic E-state index is 0.131. The predicted molar refractivity (Wildman–Crippen MR) is 85.3 cm³/mol. The molecule has 0 atom stereocenters. The summed E-state index contributed by atoms with van der Waals surface area (Å²) in [6, 6.07) is 14.9. The third kappa shape index (κ3) is 4.86. The molecule has 0 saturated carbocycles. The number of phenols is 1. The fraction of sp³-hybridized carbons (Fsp3) is 0.118. The molecule has 1 N–H and O–H groups in total. The molecule has 0 saturated heterocycles. The molecule has 0 heterocycles.